The average molecular weight is 279 g/mol. The molecule has 0 unspecified atom stereocenters. The van der Waals surface area contributed by atoms with Crippen LogP contribution in [0.25, 0.3) is 0 Å². The summed E-state index contributed by atoms with van der Waals surface area (Å²) in [5.74, 6) is 1.32. The molecule has 0 bridgehead atoms. The molecule has 0 aliphatic heterocycles. The second-order valence-electron chi connectivity index (χ2n) is 5.13. The first-order valence-corrected chi connectivity index (χ1v) is 6.76. The van der Waals surface area contributed by atoms with Crippen LogP contribution in [0, 0.1) is 11.3 Å². The lowest BCUT2D eigenvalue weighted by atomic mass is 10.1. The Morgan fingerprint density at radius 3 is 2.55 bits per heavy atom. The van der Waals surface area contributed by atoms with Crippen LogP contribution in [0.1, 0.15) is 19.4 Å². The molecule has 0 aliphatic rings. The zero-order chi connectivity index (χ0) is 15.1. The maximum Gasteiger partial charge on any atom is 0.124 e. The molecule has 0 amide bonds. The fraction of sp³-hybridized carbons (Fsp3) is 0.533. The van der Waals surface area contributed by atoms with E-state index in [1.807, 2.05) is 18.2 Å². The van der Waals surface area contributed by atoms with E-state index in [2.05, 4.69) is 18.7 Å². The van der Waals surface area contributed by atoms with Gasteiger partial charge >= 0.3 is 0 Å². The number of anilines is 1. The fourth-order valence-corrected chi connectivity index (χ4v) is 2.08. The molecule has 20 heavy (non-hydrogen) atoms. The lowest BCUT2D eigenvalue weighted by Crippen LogP contribution is -2.33. The average Bonchev–Trinajstić information content (AvgIpc) is 2.42. The number of rotatable bonds is 8. The molecule has 1 rings (SSSR count). The van der Waals surface area contributed by atoms with Crippen molar-refractivity contribution in [2.45, 2.75) is 13.8 Å². The Balaban J connectivity index is 3.16. The van der Waals surface area contributed by atoms with Gasteiger partial charge in [-0.15, -0.1) is 0 Å². The van der Waals surface area contributed by atoms with E-state index in [9.17, 15) is 0 Å². The van der Waals surface area contributed by atoms with E-state index < -0.39 is 0 Å². The third-order valence-corrected chi connectivity index (χ3v) is 2.99. The Kier molecular flexibility index (Phi) is 6.31. The molecule has 5 nitrogen and oxygen atoms in total. The van der Waals surface area contributed by atoms with Crippen LogP contribution in [-0.2, 0) is 4.74 Å². The first kappa shape index (κ1) is 16.3. The number of ether oxygens (including phenoxy) is 2. The number of nitrogen functional groups attached to an aromatic ring is 1. The lowest BCUT2D eigenvalue weighted by molar-refractivity contribution is 0.204. The number of benzene rings is 1. The van der Waals surface area contributed by atoms with E-state index in [1.54, 1.807) is 14.2 Å². The van der Waals surface area contributed by atoms with Crippen molar-refractivity contribution < 1.29 is 9.47 Å². The summed E-state index contributed by atoms with van der Waals surface area (Å²) in [5, 5.41) is 7.74. The molecule has 1 aromatic carbocycles. The van der Waals surface area contributed by atoms with Crippen LogP contribution in [0.2, 0.25) is 0 Å². The highest BCUT2D eigenvalue weighted by atomic mass is 16.5. The molecule has 0 aliphatic carbocycles. The van der Waals surface area contributed by atoms with Crippen molar-refractivity contribution in [1.82, 2.24) is 0 Å². The number of nitrogens with zero attached hydrogens (tertiary/aromatic N) is 1. The Morgan fingerprint density at radius 2 is 2.05 bits per heavy atom. The first-order chi connectivity index (χ1) is 9.49. The van der Waals surface area contributed by atoms with Gasteiger partial charge in [-0.1, -0.05) is 13.8 Å². The lowest BCUT2D eigenvalue weighted by Gasteiger charge is -2.28. The zero-order valence-electron chi connectivity index (χ0n) is 12.8. The normalized spacial score (nSPS) is 10.7. The summed E-state index contributed by atoms with van der Waals surface area (Å²) < 4.78 is 10.5. The largest absolute Gasteiger partial charge is 0.497 e. The minimum absolute atomic E-state index is 0.0637. The SMILES string of the molecule is COCCN(CC(C)C)c1cc(OC)ccc1C(=N)N. The predicted octanol–water partition coefficient (Wildman–Crippen LogP) is 2.09. The van der Waals surface area contributed by atoms with Crippen molar-refractivity contribution in [1.29, 1.82) is 5.41 Å². The summed E-state index contributed by atoms with van der Waals surface area (Å²) in [6, 6.07) is 5.58. The van der Waals surface area contributed by atoms with Crippen LogP contribution < -0.4 is 15.4 Å². The van der Waals surface area contributed by atoms with Gasteiger partial charge in [0, 0.05) is 31.8 Å². The Labute approximate surface area is 121 Å². The van der Waals surface area contributed by atoms with Crippen molar-refractivity contribution in [2.75, 3.05) is 38.8 Å². The summed E-state index contributed by atoms with van der Waals surface area (Å²) in [6.07, 6.45) is 0. The van der Waals surface area contributed by atoms with E-state index in [1.165, 1.54) is 0 Å². The van der Waals surface area contributed by atoms with Crippen molar-refractivity contribution in [2.24, 2.45) is 11.7 Å². The maximum absolute atomic E-state index is 7.74. The monoisotopic (exact) mass is 279 g/mol. The topological polar surface area (TPSA) is 71.6 Å². The standard InChI is InChI=1S/C15H25N3O2/c1-11(2)10-18(7-8-19-3)14-9-12(20-4)5-6-13(14)15(16)17/h5-6,9,11H,7-8,10H2,1-4H3,(H3,16,17). The van der Waals surface area contributed by atoms with Gasteiger partial charge in [0.05, 0.1) is 19.4 Å². The van der Waals surface area contributed by atoms with Gasteiger partial charge in [0.1, 0.15) is 11.6 Å². The number of nitrogens with one attached hydrogen (secondary N) is 1. The molecule has 0 saturated heterocycles. The molecule has 0 spiro atoms. The van der Waals surface area contributed by atoms with Gasteiger partial charge in [-0.3, -0.25) is 5.41 Å². The Hall–Kier alpha value is -1.75. The third kappa shape index (κ3) is 4.42. The second-order valence-corrected chi connectivity index (χ2v) is 5.13. The van der Waals surface area contributed by atoms with Crippen molar-refractivity contribution in [3.63, 3.8) is 0 Å². The molecule has 5 heteroatoms. The number of amidine groups is 1. The summed E-state index contributed by atoms with van der Waals surface area (Å²) >= 11 is 0. The smallest absolute Gasteiger partial charge is 0.124 e. The van der Waals surface area contributed by atoms with Gasteiger partial charge in [-0.05, 0) is 18.1 Å². The molecule has 0 aromatic heterocycles. The molecule has 0 fully saturated rings. The molecule has 112 valence electrons. The van der Waals surface area contributed by atoms with Gasteiger partial charge in [0.2, 0.25) is 0 Å². The van der Waals surface area contributed by atoms with Crippen molar-refractivity contribution >= 4 is 11.5 Å². The highest BCUT2D eigenvalue weighted by molar-refractivity contribution is 6.00. The minimum atomic E-state index is 0.0637. The molecule has 3 N–H and O–H groups in total. The van der Waals surface area contributed by atoms with Gasteiger partial charge < -0.3 is 20.1 Å². The van der Waals surface area contributed by atoms with E-state index in [0.29, 0.717) is 12.5 Å². The van der Waals surface area contributed by atoms with Gasteiger partial charge in [-0.2, -0.15) is 0 Å². The van der Waals surface area contributed by atoms with Crippen molar-refractivity contribution in [3.05, 3.63) is 23.8 Å². The molecule has 0 atom stereocenters. The fourth-order valence-electron chi connectivity index (χ4n) is 2.08. The molecule has 0 heterocycles. The third-order valence-electron chi connectivity index (χ3n) is 2.99. The van der Waals surface area contributed by atoms with E-state index in [0.717, 1.165) is 30.1 Å². The first-order valence-electron chi connectivity index (χ1n) is 6.76. The number of hydrogen-bond acceptors (Lipinski definition) is 4. The second kappa shape index (κ2) is 7.75. The minimum Gasteiger partial charge on any atom is -0.497 e. The van der Waals surface area contributed by atoms with Crippen LogP contribution in [0.4, 0.5) is 5.69 Å². The van der Waals surface area contributed by atoms with Gasteiger partial charge in [0.25, 0.3) is 0 Å². The van der Waals surface area contributed by atoms with E-state index >= 15 is 0 Å². The van der Waals surface area contributed by atoms with Crippen molar-refractivity contribution in [3.8, 4) is 5.75 Å². The molecular weight excluding hydrogens is 254 g/mol. The molecule has 0 saturated carbocycles. The summed E-state index contributed by atoms with van der Waals surface area (Å²) in [6.45, 7) is 6.57. The zero-order valence-corrected chi connectivity index (χ0v) is 12.8. The van der Waals surface area contributed by atoms with Crippen LogP contribution in [0.5, 0.6) is 5.75 Å². The van der Waals surface area contributed by atoms with Crippen LogP contribution in [0.3, 0.4) is 0 Å². The highest BCUT2D eigenvalue weighted by Crippen LogP contribution is 2.26. The number of hydrogen-bond donors (Lipinski definition) is 2. The maximum atomic E-state index is 7.74. The quantitative estimate of drug-likeness (QED) is 0.564. The summed E-state index contributed by atoms with van der Waals surface area (Å²) in [5.41, 5.74) is 7.33. The van der Waals surface area contributed by atoms with Crippen LogP contribution in [0.15, 0.2) is 18.2 Å². The highest BCUT2D eigenvalue weighted by Gasteiger charge is 2.15. The van der Waals surface area contributed by atoms with E-state index in [4.69, 9.17) is 20.6 Å². The summed E-state index contributed by atoms with van der Waals surface area (Å²) in [7, 11) is 3.32. The molecule has 0 radical (unpaired) electrons. The van der Waals surface area contributed by atoms with Crippen LogP contribution >= 0.6 is 0 Å². The Morgan fingerprint density at radius 1 is 1.35 bits per heavy atom. The van der Waals surface area contributed by atoms with Crippen LogP contribution in [-0.4, -0.2) is 39.8 Å². The Bertz CT molecular complexity index is 447. The summed E-state index contributed by atoms with van der Waals surface area (Å²) in [4.78, 5) is 2.19. The molecular formula is C15H25N3O2. The predicted molar refractivity (Wildman–Crippen MR) is 82.9 cm³/mol. The number of methoxy groups -OCH3 is 2. The molecule has 1 aromatic rings. The number of nitrogens with two attached hydrogens (primary N) is 1. The van der Waals surface area contributed by atoms with Gasteiger partial charge in [-0.25, -0.2) is 0 Å². The van der Waals surface area contributed by atoms with Gasteiger partial charge in [0.15, 0.2) is 0 Å². The van der Waals surface area contributed by atoms with E-state index in [-0.39, 0.29) is 5.84 Å².